The molecule has 0 saturated carbocycles. The SMILES string of the molecule is C[N-]S(=O)(=O)C(F)(F)CC(F)(F)SOOO.[Rb+]. The van der Waals surface area contributed by atoms with Crippen molar-refractivity contribution in [3.8, 4) is 0 Å². The third kappa shape index (κ3) is 7.13. The molecule has 0 aromatic carbocycles. The van der Waals surface area contributed by atoms with Gasteiger partial charge in [0, 0.05) is 0 Å². The van der Waals surface area contributed by atoms with Crippen LogP contribution in [-0.2, 0) is 19.4 Å². The Morgan fingerprint density at radius 2 is 1.82 bits per heavy atom. The Hall–Kier alpha value is 1.67. The molecule has 0 unspecified atom stereocenters. The van der Waals surface area contributed by atoms with Crippen molar-refractivity contribution in [2.75, 3.05) is 7.05 Å². The topological polar surface area (TPSA) is 86.9 Å². The van der Waals surface area contributed by atoms with E-state index in [9.17, 15) is 26.0 Å². The minimum absolute atomic E-state index is 0. The van der Waals surface area contributed by atoms with Gasteiger partial charge in [0.05, 0.1) is 0 Å². The van der Waals surface area contributed by atoms with Gasteiger partial charge in [-0.3, -0.25) is 0 Å². The maximum Gasteiger partial charge on any atom is 1.00 e. The van der Waals surface area contributed by atoms with E-state index < -0.39 is 39.0 Å². The van der Waals surface area contributed by atoms with Crippen LogP contribution in [0.5, 0.6) is 0 Å². The van der Waals surface area contributed by atoms with Crippen LogP contribution in [0.25, 0.3) is 4.72 Å². The number of rotatable bonds is 7. The number of alkyl halides is 4. The first-order chi connectivity index (χ1) is 7.08. The van der Waals surface area contributed by atoms with Gasteiger partial charge in [0.1, 0.15) is 28.5 Å². The number of hydrogen-bond acceptors (Lipinski definition) is 6. The zero-order valence-electron chi connectivity index (χ0n) is 8.56. The van der Waals surface area contributed by atoms with Crippen LogP contribution in [0.4, 0.5) is 17.6 Å². The van der Waals surface area contributed by atoms with Crippen LogP contribution in [0.15, 0.2) is 0 Å². The fourth-order valence-electron chi connectivity index (χ4n) is 0.559. The molecule has 6 nitrogen and oxygen atoms in total. The van der Waals surface area contributed by atoms with Crippen molar-refractivity contribution in [3.63, 3.8) is 0 Å². The van der Waals surface area contributed by atoms with E-state index >= 15 is 0 Å². The first-order valence-electron chi connectivity index (χ1n) is 3.35. The van der Waals surface area contributed by atoms with E-state index in [2.05, 4.69) is 14.1 Å². The van der Waals surface area contributed by atoms with Gasteiger partial charge in [0.15, 0.2) is 0 Å². The number of hydrogen-bond donors (Lipinski definition) is 1. The first kappa shape index (κ1) is 21.0. The summed E-state index contributed by atoms with van der Waals surface area (Å²) in [6, 6.07) is 0. The van der Waals surface area contributed by atoms with Crippen molar-refractivity contribution >= 4 is 22.1 Å². The molecule has 0 fully saturated rings. The molecule has 0 aliphatic carbocycles. The Morgan fingerprint density at radius 1 is 1.35 bits per heavy atom. The smallest absolute Gasteiger partial charge is 0.546 e. The summed E-state index contributed by atoms with van der Waals surface area (Å²) in [5.74, 6) is 0. The predicted molar refractivity (Wildman–Crippen MR) is 45.1 cm³/mol. The molecule has 0 aromatic rings. The van der Waals surface area contributed by atoms with Crippen LogP contribution in [0.3, 0.4) is 0 Å². The molecular formula is C4H6F4NO5RbS2. The summed E-state index contributed by atoms with van der Waals surface area (Å²) < 4.78 is 77.6. The molecule has 0 aliphatic heterocycles. The average Bonchev–Trinajstić information content (AvgIpc) is 2.13. The summed E-state index contributed by atoms with van der Waals surface area (Å²) in [6.07, 6.45) is -2.37. The van der Waals surface area contributed by atoms with Crippen LogP contribution in [0.2, 0.25) is 0 Å². The zero-order chi connectivity index (χ0) is 13.0. The van der Waals surface area contributed by atoms with E-state index in [0.29, 0.717) is 7.05 Å². The van der Waals surface area contributed by atoms with Gasteiger partial charge in [-0.25, -0.2) is 13.7 Å². The maximum atomic E-state index is 12.8. The van der Waals surface area contributed by atoms with Gasteiger partial charge >= 0.3 is 68.7 Å². The van der Waals surface area contributed by atoms with E-state index in [1.807, 2.05) is 0 Å². The molecule has 98 valence electrons. The monoisotopic (exact) mass is 373 g/mol. The Morgan fingerprint density at radius 3 is 2.18 bits per heavy atom. The molecule has 13 heteroatoms. The molecule has 0 bridgehead atoms. The normalized spacial score (nSPS) is 13.3. The van der Waals surface area contributed by atoms with E-state index in [1.54, 1.807) is 0 Å². The fourth-order valence-corrected chi connectivity index (χ4v) is 1.65. The molecule has 17 heavy (non-hydrogen) atoms. The molecular weight excluding hydrogens is 368 g/mol. The van der Waals surface area contributed by atoms with Gasteiger partial charge in [-0.05, 0) is 0 Å². The Bertz CT molecular complexity index is 326. The van der Waals surface area contributed by atoms with Crippen molar-refractivity contribution in [2.24, 2.45) is 0 Å². The Labute approximate surface area is 147 Å². The molecule has 0 rings (SSSR count). The minimum Gasteiger partial charge on any atom is -0.546 e. The summed E-state index contributed by atoms with van der Waals surface area (Å²) in [6.45, 7) is 0. The summed E-state index contributed by atoms with van der Waals surface area (Å²) in [5.41, 5.74) is 0. The third-order valence-corrected chi connectivity index (χ3v) is 3.11. The number of nitrogens with zero attached hydrogens (tertiary/aromatic N) is 1. The van der Waals surface area contributed by atoms with Crippen LogP contribution in [0, 0.1) is 0 Å². The second kappa shape index (κ2) is 8.06. The molecule has 0 aliphatic rings. The van der Waals surface area contributed by atoms with E-state index in [1.165, 1.54) is 0 Å². The molecule has 0 radical (unpaired) electrons. The molecule has 0 saturated heterocycles. The van der Waals surface area contributed by atoms with Gasteiger partial charge in [-0.15, -0.1) is 4.33 Å². The van der Waals surface area contributed by atoms with Gasteiger partial charge in [0.2, 0.25) is 0 Å². The zero-order valence-corrected chi connectivity index (χ0v) is 15.1. The maximum absolute atomic E-state index is 12.8. The number of sulfonamides is 1. The second-order valence-electron chi connectivity index (χ2n) is 2.33. The summed E-state index contributed by atoms with van der Waals surface area (Å²) >= 11 is -0.959. The van der Waals surface area contributed by atoms with Crippen LogP contribution in [0.1, 0.15) is 6.42 Å². The van der Waals surface area contributed by atoms with Crippen LogP contribution in [-0.4, -0.2) is 31.2 Å². The van der Waals surface area contributed by atoms with Crippen LogP contribution < -0.4 is 58.2 Å². The molecule has 1 N–H and O–H groups in total. The van der Waals surface area contributed by atoms with Crippen molar-refractivity contribution in [3.05, 3.63) is 4.72 Å². The van der Waals surface area contributed by atoms with Crippen molar-refractivity contribution in [2.45, 2.75) is 16.9 Å². The van der Waals surface area contributed by atoms with Crippen molar-refractivity contribution in [1.82, 2.24) is 0 Å². The van der Waals surface area contributed by atoms with Gasteiger partial charge < -0.3 is 4.72 Å². The Kier molecular flexibility index (Phi) is 9.95. The molecule has 0 spiro atoms. The quantitative estimate of drug-likeness (QED) is 0.266. The molecule has 0 heterocycles. The minimum atomic E-state index is -5.32. The molecule has 0 amide bonds. The summed E-state index contributed by atoms with van der Waals surface area (Å²) in [7, 11) is -4.79. The van der Waals surface area contributed by atoms with Crippen LogP contribution >= 0.6 is 12.0 Å². The van der Waals surface area contributed by atoms with Gasteiger partial charge in [0.25, 0.3) is 0 Å². The molecule has 0 aromatic heterocycles. The van der Waals surface area contributed by atoms with Gasteiger partial charge in [-0.2, -0.15) is 24.6 Å². The van der Waals surface area contributed by atoms with E-state index in [0.717, 1.165) is 0 Å². The van der Waals surface area contributed by atoms with Crippen molar-refractivity contribution in [1.29, 1.82) is 0 Å². The first-order valence-corrected chi connectivity index (χ1v) is 5.53. The van der Waals surface area contributed by atoms with Gasteiger partial charge in [-0.1, -0.05) is 5.04 Å². The standard InChI is InChI=1S/C4H6F4NO5S2.Rb/c1-9-16(11,12)4(7,8)2-3(5,6)15-14-13-10;/h10H,2H2,1H3;/q-1;+1. The number of halogens is 4. The predicted octanol–water partition coefficient (Wildman–Crippen LogP) is -1.03. The van der Waals surface area contributed by atoms with E-state index in [-0.39, 0.29) is 58.2 Å². The molecule has 0 atom stereocenters. The Balaban J connectivity index is 0. The largest absolute Gasteiger partial charge is 1.00 e. The third-order valence-electron chi connectivity index (χ3n) is 1.22. The summed E-state index contributed by atoms with van der Waals surface area (Å²) in [4.78, 5) is 0. The summed E-state index contributed by atoms with van der Waals surface area (Å²) in [5, 5.41) is 1.26. The second-order valence-corrected chi connectivity index (χ2v) is 5.15. The van der Waals surface area contributed by atoms with E-state index in [4.69, 9.17) is 5.26 Å². The van der Waals surface area contributed by atoms with Crippen molar-refractivity contribution < 1.29 is 98.8 Å². The fraction of sp³-hybridized carbons (Fsp3) is 1.00. The average molecular weight is 374 g/mol.